The van der Waals surface area contributed by atoms with Gasteiger partial charge in [0, 0.05) is 17.1 Å². The van der Waals surface area contributed by atoms with Gasteiger partial charge in [-0.1, -0.05) is 30.7 Å². The molecule has 2 aromatic carbocycles. The molecule has 0 fully saturated rings. The number of aryl methyl sites for hydroxylation is 1. The van der Waals surface area contributed by atoms with E-state index in [1.807, 2.05) is 41.1 Å². The van der Waals surface area contributed by atoms with Gasteiger partial charge in [-0.15, -0.1) is 5.10 Å². The average Bonchev–Trinajstić information content (AvgIpc) is 2.98. The smallest absolute Gasteiger partial charge is 0.168 e. The van der Waals surface area contributed by atoms with Crippen molar-refractivity contribution in [3.8, 4) is 5.69 Å². The van der Waals surface area contributed by atoms with Gasteiger partial charge in [0.25, 0.3) is 0 Å². The number of benzene rings is 2. The highest BCUT2D eigenvalue weighted by Gasteiger charge is 2.31. The number of carbonyl (C=O) groups excluding carboxylic acids is 1. The number of anilines is 2. The van der Waals surface area contributed by atoms with E-state index in [2.05, 4.69) is 32.2 Å². The Bertz CT molecular complexity index is 1020. The monoisotopic (exact) mass is 379 g/mol. The van der Waals surface area contributed by atoms with Gasteiger partial charge in [-0.2, -0.15) is 0 Å². The summed E-state index contributed by atoms with van der Waals surface area (Å²) >= 11 is 6.04. The number of fused-ring (bicyclic) bond motifs is 1. The van der Waals surface area contributed by atoms with Crippen LogP contribution in [0.4, 0.5) is 11.5 Å². The molecule has 0 radical (unpaired) electrons. The first-order chi connectivity index (χ1) is 12.9. The summed E-state index contributed by atoms with van der Waals surface area (Å²) in [5.41, 5.74) is 5.92. The van der Waals surface area contributed by atoms with Crippen LogP contribution in [-0.2, 0) is 6.42 Å². The zero-order valence-corrected chi connectivity index (χ0v) is 16.5. The average molecular weight is 380 g/mol. The highest BCUT2D eigenvalue weighted by Crippen LogP contribution is 2.34. The lowest BCUT2D eigenvalue weighted by atomic mass is 9.87. The van der Waals surface area contributed by atoms with Crippen LogP contribution in [0, 0.1) is 19.8 Å². The molecule has 1 heterocycles. The van der Waals surface area contributed by atoms with Gasteiger partial charge >= 0.3 is 0 Å². The molecule has 0 amide bonds. The van der Waals surface area contributed by atoms with Crippen LogP contribution >= 0.6 is 11.6 Å². The van der Waals surface area contributed by atoms with Gasteiger partial charge in [0.1, 0.15) is 0 Å². The number of nitrogens with zero attached hydrogens (tertiary/aromatic N) is 2. The fraction of sp³-hybridized carbons (Fsp3) is 0.273. The Kier molecular flexibility index (Phi) is 4.52. The molecule has 0 saturated heterocycles. The van der Waals surface area contributed by atoms with Crippen LogP contribution in [0.1, 0.15) is 40.5 Å². The number of rotatable bonds is 3. The van der Waals surface area contributed by atoms with Gasteiger partial charge in [-0.05, 0) is 67.6 Å². The van der Waals surface area contributed by atoms with Crippen molar-refractivity contribution in [3.63, 3.8) is 0 Å². The Labute approximate surface area is 164 Å². The van der Waals surface area contributed by atoms with Crippen molar-refractivity contribution in [1.82, 2.24) is 9.78 Å². The first-order valence-corrected chi connectivity index (χ1v) is 9.56. The number of carbonyl (C=O) groups is 1. The SMILES string of the molecule is Cc1cccc(Nc2nn(-c3ccc(Cl)cc3)c3c2C(=O)CC(C)C3)c1C. The molecule has 1 atom stereocenters. The Morgan fingerprint density at radius 1 is 1.11 bits per heavy atom. The standard InChI is InChI=1S/C22H22ClN3O/c1-13-11-19-21(20(27)12-13)22(24-18-6-4-5-14(2)15(18)3)25-26(19)17-9-7-16(23)8-10-17/h4-10,13H,11-12H2,1-3H3,(H,24,25). The van der Waals surface area contributed by atoms with E-state index in [9.17, 15) is 4.79 Å². The van der Waals surface area contributed by atoms with E-state index in [1.165, 1.54) is 5.56 Å². The van der Waals surface area contributed by atoms with E-state index in [-0.39, 0.29) is 5.78 Å². The van der Waals surface area contributed by atoms with E-state index in [0.717, 1.165) is 29.1 Å². The van der Waals surface area contributed by atoms with Crippen molar-refractivity contribution < 1.29 is 4.79 Å². The first-order valence-electron chi connectivity index (χ1n) is 9.18. The number of hydrogen-bond donors (Lipinski definition) is 1. The van der Waals surface area contributed by atoms with E-state index >= 15 is 0 Å². The summed E-state index contributed by atoms with van der Waals surface area (Å²) in [6.07, 6.45) is 1.38. The number of aromatic nitrogens is 2. The molecule has 1 N–H and O–H groups in total. The Morgan fingerprint density at radius 3 is 2.59 bits per heavy atom. The van der Waals surface area contributed by atoms with Gasteiger partial charge in [-0.3, -0.25) is 4.79 Å². The molecule has 1 unspecified atom stereocenters. The van der Waals surface area contributed by atoms with Gasteiger partial charge in [0.15, 0.2) is 11.6 Å². The zero-order valence-electron chi connectivity index (χ0n) is 15.7. The molecule has 3 aromatic rings. The molecular formula is C22H22ClN3O. The van der Waals surface area contributed by atoms with Gasteiger partial charge in [0.2, 0.25) is 0 Å². The minimum Gasteiger partial charge on any atom is -0.338 e. The lowest BCUT2D eigenvalue weighted by Crippen LogP contribution is -2.19. The van der Waals surface area contributed by atoms with Crippen LogP contribution in [0.5, 0.6) is 0 Å². The molecule has 27 heavy (non-hydrogen) atoms. The maximum Gasteiger partial charge on any atom is 0.168 e. The Hall–Kier alpha value is -2.59. The van der Waals surface area contributed by atoms with Crippen LogP contribution in [0.15, 0.2) is 42.5 Å². The largest absolute Gasteiger partial charge is 0.338 e. The van der Waals surface area contributed by atoms with Gasteiger partial charge in [-0.25, -0.2) is 4.68 Å². The Balaban J connectivity index is 1.85. The van der Waals surface area contributed by atoms with Crippen LogP contribution in [0.3, 0.4) is 0 Å². The molecule has 5 heteroatoms. The summed E-state index contributed by atoms with van der Waals surface area (Å²) in [6, 6.07) is 13.7. The van der Waals surface area contributed by atoms with Crippen molar-refractivity contribution in [2.45, 2.75) is 33.6 Å². The first kappa shape index (κ1) is 17.8. The summed E-state index contributed by atoms with van der Waals surface area (Å²) in [5.74, 6) is 1.09. The highest BCUT2D eigenvalue weighted by atomic mass is 35.5. The predicted octanol–water partition coefficient (Wildman–Crippen LogP) is 5.65. The maximum absolute atomic E-state index is 12.8. The van der Waals surface area contributed by atoms with Crippen molar-refractivity contribution in [2.24, 2.45) is 5.92 Å². The summed E-state index contributed by atoms with van der Waals surface area (Å²) in [6.45, 7) is 6.26. The molecule has 0 aliphatic heterocycles. The van der Waals surface area contributed by atoms with Crippen LogP contribution in [0.25, 0.3) is 5.69 Å². The minimum atomic E-state index is 0.150. The molecule has 4 rings (SSSR count). The number of ketones is 1. The molecule has 138 valence electrons. The molecule has 1 aromatic heterocycles. The van der Waals surface area contributed by atoms with E-state index < -0.39 is 0 Å². The van der Waals surface area contributed by atoms with Gasteiger partial charge in [0.05, 0.1) is 16.9 Å². The molecule has 1 aliphatic rings. The summed E-state index contributed by atoms with van der Waals surface area (Å²) in [5, 5.41) is 8.87. The highest BCUT2D eigenvalue weighted by molar-refractivity contribution is 6.30. The number of nitrogens with one attached hydrogen (secondary N) is 1. The third kappa shape index (κ3) is 3.26. The van der Waals surface area contributed by atoms with Crippen molar-refractivity contribution in [1.29, 1.82) is 0 Å². The van der Waals surface area contributed by atoms with E-state index in [0.29, 0.717) is 28.7 Å². The fourth-order valence-electron chi connectivity index (χ4n) is 3.65. The lowest BCUT2D eigenvalue weighted by molar-refractivity contribution is 0.0953. The van der Waals surface area contributed by atoms with Crippen molar-refractivity contribution >= 4 is 28.9 Å². The molecule has 0 spiro atoms. The molecule has 4 nitrogen and oxygen atoms in total. The fourth-order valence-corrected chi connectivity index (χ4v) is 3.78. The Morgan fingerprint density at radius 2 is 1.85 bits per heavy atom. The third-order valence-corrected chi connectivity index (χ3v) is 5.52. The summed E-state index contributed by atoms with van der Waals surface area (Å²) in [7, 11) is 0. The molecule has 1 aliphatic carbocycles. The normalized spacial score (nSPS) is 16.3. The topological polar surface area (TPSA) is 46.9 Å². The predicted molar refractivity (Wildman–Crippen MR) is 110 cm³/mol. The second-order valence-electron chi connectivity index (χ2n) is 7.37. The second-order valence-corrected chi connectivity index (χ2v) is 7.80. The number of Topliss-reactive ketones (excluding diaryl/α,β-unsaturated/α-hetero) is 1. The summed E-state index contributed by atoms with van der Waals surface area (Å²) in [4.78, 5) is 12.8. The molecule has 0 bridgehead atoms. The summed E-state index contributed by atoms with van der Waals surface area (Å²) < 4.78 is 1.88. The van der Waals surface area contributed by atoms with Crippen molar-refractivity contribution in [3.05, 3.63) is 69.9 Å². The lowest BCUT2D eigenvalue weighted by Gasteiger charge is -2.19. The van der Waals surface area contributed by atoms with Crippen LogP contribution in [-0.4, -0.2) is 15.6 Å². The number of halogens is 1. The maximum atomic E-state index is 12.8. The van der Waals surface area contributed by atoms with Crippen molar-refractivity contribution in [2.75, 3.05) is 5.32 Å². The van der Waals surface area contributed by atoms with Gasteiger partial charge < -0.3 is 5.32 Å². The zero-order chi connectivity index (χ0) is 19.1. The quantitative estimate of drug-likeness (QED) is 0.639. The van der Waals surface area contributed by atoms with E-state index in [1.54, 1.807) is 0 Å². The second kappa shape index (κ2) is 6.86. The van der Waals surface area contributed by atoms with Crippen LogP contribution in [0.2, 0.25) is 5.02 Å². The van der Waals surface area contributed by atoms with E-state index in [4.69, 9.17) is 16.7 Å². The number of hydrogen-bond acceptors (Lipinski definition) is 3. The molecule has 0 saturated carbocycles. The molecular weight excluding hydrogens is 358 g/mol. The van der Waals surface area contributed by atoms with Crippen LogP contribution < -0.4 is 5.32 Å². The minimum absolute atomic E-state index is 0.150. The third-order valence-electron chi connectivity index (χ3n) is 5.26.